The van der Waals surface area contributed by atoms with Crippen LogP contribution in [0.1, 0.15) is 55.2 Å². The van der Waals surface area contributed by atoms with E-state index in [1.807, 2.05) is 0 Å². The molecule has 5 nitrogen and oxygen atoms in total. The molecular formula is C24H36NO4+. The molecule has 1 N–H and O–H groups in total. The van der Waals surface area contributed by atoms with E-state index in [1.165, 1.54) is 43.2 Å². The van der Waals surface area contributed by atoms with Gasteiger partial charge in [0, 0.05) is 24.2 Å². The lowest BCUT2D eigenvalue weighted by molar-refractivity contribution is -0.959. The molecule has 0 spiro atoms. The van der Waals surface area contributed by atoms with Crippen LogP contribution in [0.25, 0.3) is 0 Å². The van der Waals surface area contributed by atoms with Crippen LogP contribution in [0.5, 0.6) is 0 Å². The minimum atomic E-state index is -0.199. The van der Waals surface area contributed by atoms with Crippen molar-refractivity contribution in [2.45, 2.75) is 63.3 Å². The Morgan fingerprint density at radius 1 is 1.28 bits per heavy atom. The first-order chi connectivity index (χ1) is 14.0. The van der Waals surface area contributed by atoms with Crippen LogP contribution >= 0.6 is 0 Å². The van der Waals surface area contributed by atoms with E-state index < -0.39 is 0 Å². The fourth-order valence-corrected chi connectivity index (χ4v) is 6.36. The van der Waals surface area contributed by atoms with Crippen molar-refractivity contribution in [1.29, 1.82) is 0 Å². The first kappa shape index (κ1) is 20.8. The number of piperidine rings is 1. The van der Waals surface area contributed by atoms with Crippen molar-refractivity contribution in [3.63, 3.8) is 0 Å². The van der Waals surface area contributed by atoms with E-state index in [-0.39, 0.29) is 25.6 Å². The summed E-state index contributed by atoms with van der Waals surface area (Å²) in [6.45, 7) is 4.31. The van der Waals surface area contributed by atoms with Crippen molar-refractivity contribution < 1.29 is 23.9 Å². The number of carbonyl (C=O) groups excluding carboxylic acids is 1. The Morgan fingerprint density at radius 2 is 2.14 bits per heavy atom. The molecule has 1 heterocycles. The van der Waals surface area contributed by atoms with Crippen LogP contribution in [0.4, 0.5) is 0 Å². The zero-order valence-electron chi connectivity index (χ0n) is 18.0. The molecule has 2 bridgehead atoms. The number of carbonyl (C=O) groups is 1. The molecule has 29 heavy (non-hydrogen) atoms. The van der Waals surface area contributed by atoms with Gasteiger partial charge in [0.25, 0.3) is 0 Å². The first-order valence-electron chi connectivity index (χ1n) is 11.3. The number of benzene rings is 1. The number of nitrogens with zero attached hydrogens (tertiary/aromatic N) is 1. The lowest BCUT2D eigenvalue weighted by atomic mass is 9.52. The minimum absolute atomic E-state index is 0.0180. The first-order valence-corrected chi connectivity index (χ1v) is 11.3. The van der Waals surface area contributed by atoms with Crippen LogP contribution in [0, 0.1) is 12.8 Å². The van der Waals surface area contributed by atoms with Crippen LogP contribution in [0.3, 0.4) is 0 Å². The van der Waals surface area contributed by atoms with Gasteiger partial charge in [-0.3, -0.25) is 9.28 Å². The van der Waals surface area contributed by atoms with Gasteiger partial charge in [0.15, 0.2) is 0 Å². The molecule has 0 radical (unpaired) electrons. The van der Waals surface area contributed by atoms with E-state index in [0.717, 1.165) is 17.4 Å². The number of fused-ring (bicyclic) bond motifs is 1. The van der Waals surface area contributed by atoms with Crippen LogP contribution < -0.4 is 0 Å². The number of hydrogen-bond donors (Lipinski definition) is 1. The van der Waals surface area contributed by atoms with Gasteiger partial charge >= 0.3 is 5.97 Å². The number of aryl methyl sites for hydroxylation is 1. The summed E-state index contributed by atoms with van der Waals surface area (Å²) in [5.41, 5.74) is 4.86. The second kappa shape index (κ2) is 8.37. The standard InChI is InChI=1S/C24H36NO4/c1-18-6-7-19-16-22-20-5-3-4-9-24(20,21(19)15-18)10-11-25(22,2)17-29-23(27)8-13-28-14-12-26/h6-7,15,20,22,26H,3-5,8-14,16-17H2,1-2H3/q+1/t20-,22+,24+,25?/m0/s1. The zero-order chi connectivity index (χ0) is 20.5. The number of esters is 1. The average molecular weight is 403 g/mol. The molecule has 0 amide bonds. The van der Waals surface area contributed by atoms with E-state index in [9.17, 15) is 4.79 Å². The largest absolute Gasteiger partial charge is 0.415 e. The third-order valence-electron chi connectivity index (χ3n) is 7.87. The Labute approximate surface area is 174 Å². The van der Waals surface area contributed by atoms with Gasteiger partial charge < -0.3 is 14.6 Å². The highest BCUT2D eigenvalue weighted by Gasteiger charge is 2.59. The van der Waals surface area contributed by atoms with Crippen molar-refractivity contribution in [2.24, 2.45) is 5.92 Å². The van der Waals surface area contributed by atoms with E-state index in [1.54, 1.807) is 5.56 Å². The average Bonchev–Trinajstić information content (AvgIpc) is 2.73. The van der Waals surface area contributed by atoms with Crippen LogP contribution in [-0.4, -0.2) is 61.7 Å². The zero-order valence-corrected chi connectivity index (χ0v) is 18.0. The topological polar surface area (TPSA) is 55.8 Å². The molecule has 4 rings (SSSR count). The smallest absolute Gasteiger partial charge is 0.312 e. The summed E-state index contributed by atoms with van der Waals surface area (Å²) >= 11 is 0. The number of aliphatic hydroxyl groups is 1. The third-order valence-corrected chi connectivity index (χ3v) is 7.87. The van der Waals surface area contributed by atoms with Crippen LogP contribution in [-0.2, 0) is 26.1 Å². The van der Waals surface area contributed by atoms with Gasteiger partial charge in [-0.2, -0.15) is 0 Å². The maximum absolute atomic E-state index is 12.2. The lowest BCUT2D eigenvalue weighted by Gasteiger charge is -2.61. The number of aliphatic hydroxyl groups excluding tert-OH is 1. The molecule has 1 saturated carbocycles. The summed E-state index contributed by atoms with van der Waals surface area (Å²) < 4.78 is 11.8. The molecule has 2 fully saturated rings. The van der Waals surface area contributed by atoms with E-state index in [4.69, 9.17) is 14.6 Å². The summed E-state index contributed by atoms with van der Waals surface area (Å²) in [6.07, 6.45) is 7.81. The Kier molecular flexibility index (Phi) is 6.01. The summed E-state index contributed by atoms with van der Waals surface area (Å²) in [5, 5.41) is 8.76. The molecule has 1 aliphatic heterocycles. The summed E-state index contributed by atoms with van der Waals surface area (Å²) in [5.74, 6) is 0.491. The van der Waals surface area contributed by atoms with E-state index in [0.29, 0.717) is 30.7 Å². The predicted octanol–water partition coefficient (Wildman–Crippen LogP) is 3.10. The second-order valence-corrected chi connectivity index (χ2v) is 9.62. The second-order valence-electron chi connectivity index (χ2n) is 9.62. The fourth-order valence-electron chi connectivity index (χ4n) is 6.36. The van der Waals surface area contributed by atoms with Crippen molar-refractivity contribution >= 4 is 5.97 Å². The lowest BCUT2D eigenvalue weighted by Crippen LogP contribution is -2.69. The summed E-state index contributed by atoms with van der Waals surface area (Å²) in [7, 11) is 2.29. The number of hydrogen-bond acceptors (Lipinski definition) is 4. The number of ether oxygens (including phenoxy) is 2. The number of rotatable bonds is 7. The molecule has 2 aliphatic carbocycles. The highest BCUT2D eigenvalue weighted by atomic mass is 16.6. The number of likely N-dealkylation sites (tertiary alicyclic amines) is 1. The monoisotopic (exact) mass is 402 g/mol. The SMILES string of the molecule is Cc1ccc2c(c1)[C@@]13CCCC[C@H]1[C@@H](C2)[N+](C)(COC(=O)CCOCCO)CC3. The van der Waals surface area contributed by atoms with E-state index in [2.05, 4.69) is 32.2 Å². The Balaban J connectivity index is 1.50. The van der Waals surface area contributed by atoms with Crippen molar-refractivity contribution in [3.8, 4) is 0 Å². The van der Waals surface area contributed by atoms with Gasteiger partial charge in [-0.1, -0.05) is 36.6 Å². The van der Waals surface area contributed by atoms with Crippen molar-refractivity contribution in [2.75, 3.05) is 40.1 Å². The minimum Gasteiger partial charge on any atom is -0.415 e. The van der Waals surface area contributed by atoms with Crippen molar-refractivity contribution in [1.82, 2.24) is 0 Å². The Morgan fingerprint density at radius 3 is 2.97 bits per heavy atom. The Hall–Kier alpha value is -1.43. The van der Waals surface area contributed by atoms with Crippen molar-refractivity contribution in [3.05, 3.63) is 34.9 Å². The quantitative estimate of drug-likeness (QED) is 0.433. The third kappa shape index (κ3) is 3.85. The molecule has 1 saturated heterocycles. The predicted molar refractivity (Wildman–Crippen MR) is 111 cm³/mol. The number of quaternary nitrogens is 1. The molecular weight excluding hydrogens is 366 g/mol. The highest BCUT2D eigenvalue weighted by molar-refractivity contribution is 5.69. The van der Waals surface area contributed by atoms with Gasteiger partial charge in [-0.05, 0) is 30.9 Å². The molecule has 4 atom stereocenters. The molecule has 1 aromatic carbocycles. The van der Waals surface area contributed by atoms with Gasteiger partial charge in [-0.25, -0.2) is 0 Å². The van der Waals surface area contributed by atoms with Gasteiger partial charge in [0.05, 0.1) is 45.9 Å². The number of likely N-dealkylation sites (N-methyl/N-ethyl adjacent to an activating group) is 1. The van der Waals surface area contributed by atoms with E-state index >= 15 is 0 Å². The summed E-state index contributed by atoms with van der Waals surface area (Å²) in [6, 6.07) is 7.60. The van der Waals surface area contributed by atoms with Crippen LogP contribution in [0.2, 0.25) is 0 Å². The summed E-state index contributed by atoms with van der Waals surface area (Å²) in [4.78, 5) is 12.2. The normalized spacial score (nSPS) is 32.9. The van der Waals surface area contributed by atoms with Crippen LogP contribution in [0.15, 0.2) is 18.2 Å². The van der Waals surface area contributed by atoms with Gasteiger partial charge in [0.2, 0.25) is 6.73 Å². The molecule has 1 unspecified atom stereocenters. The maximum Gasteiger partial charge on any atom is 0.312 e. The Bertz CT molecular complexity index is 750. The van der Waals surface area contributed by atoms with Gasteiger partial charge in [0.1, 0.15) is 0 Å². The highest BCUT2D eigenvalue weighted by Crippen LogP contribution is 2.57. The molecule has 1 aromatic rings. The molecule has 5 heteroatoms. The molecule has 3 aliphatic rings. The molecule has 160 valence electrons. The fraction of sp³-hybridized carbons (Fsp3) is 0.708. The van der Waals surface area contributed by atoms with Gasteiger partial charge in [-0.15, -0.1) is 0 Å². The maximum atomic E-state index is 12.2. The molecule has 0 aromatic heterocycles.